The average molecular weight is 332 g/mol. The van der Waals surface area contributed by atoms with Crippen molar-refractivity contribution in [2.75, 3.05) is 24.6 Å². The van der Waals surface area contributed by atoms with Crippen LogP contribution in [0, 0.1) is 6.92 Å². The zero-order chi connectivity index (χ0) is 16.1. The van der Waals surface area contributed by atoms with Gasteiger partial charge in [0.05, 0.1) is 11.0 Å². The van der Waals surface area contributed by atoms with Crippen LogP contribution in [0.3, 0.4) is 0 Å². The van der Waals surface area contributed by atoms with Crippen LogP contribution in [0.4, 0.5) is 0 Å². The van der Waals surface area contributed by atoms with E-state index in [4.69, 9.17) is 0 Å². The number of thioether (sulfide) groups is 1. The first-order valence-electron chi connectivity index (χ1n) is 8.24. The smallest absolute Gasteiger partial charge is 0.221 e. The Hall–Kier alpha value is -1.53. The zero-order valence-corrected chi connectivity index (χ0v) is 14.4. The Bertz CT molecular complexity index is 664. The van der Waals surface area contributed by atoms with Crippen LogP contribution in [-0.2, 0) is 11.3 Å². The highest BCUT2D eigenvalue weighted by Crippen LogP contribution is 2.15. The molecule has 0 spiro atoms. The van der Waals surface area contributed by atoms with Gasteiger partial charge in [-0.15, -0.1) is 0 Å². The molecule has 2 aromatic rings. The monoisotopic (exact) mass is 332 g/mol. The molecule has 1 aliphatic rings. The first-order valence-corrected chi connectivity index (χ1v) is 9.39. The second kappa shape index (κ2) is 7.84. The second-order valence-electron chi connectivity index (χ2n) is 5.93. The number of benzene rings is 1. The SMILES string of the molecule is Cc1nc2ccccc2n1CCCNC(=O)CC1CSCCN1. The van der Waals surface area contributed by atoms with E-state index in [9.17, 15) is 4.79 Å². The fourth-order valence-electron chi connectivity index (χ4n) is 2.99. The molecule has 0 bridgehead atoms. The molecular formula is C17H24N4OS. The highest BCUT2D eigenvalue weighted by atomic mass is 32.2. The molecule has 1 fully saturated rings. The first-order chi connectivity index (χ1) is 11.2. The average Bonchev–Trinajstić information content (AvgIpc) is 2.88. The summed E-state index contributed by atoms with van der Waals surface area (Å²) < 4.78 is 2.22. The van der Waals surface area contributed by atoms with Gasteiger partial charge in [-0.2, -0.15) is 11.8 Å². The van der Waals surface area contributed by atoms with E-state index in [1.807, 2.05) is 36.9 Å². The Balaban J connectivity index is 1.44. The van der Waals surface area contributed by atoms with Gasteiger partial charge in [-0.1, -0.05) is 12.1 Å². The summed E-state index contributed by atoms with van der Waals surface area (Å²) in [7, 11) is 0. The van der Waals surface area contributed by atoms with Crippen LogP contribution in [0.5, 0.6) is 0 Å². The molecule has 1 aliphatic heterocycles. The molecule has 5 nitrogen and oxygen atoms in total. The predicted octanol–water partition coefficient (Wildman–Crippen LogP) is 1.95. The lowest BCUT2D eigenvalue weighted by Gasteiger charge is -2.22. The minimum atomic E-state index is 0.150. The highest BCUT2D eigenvalue weighted by molar-refractivity contribution is 7.99. The molecule has 6 heteroatoms. The van der Waals surface area contributed by atoms with Crippen molar-refractivity contribution in [3.05, 3.63) is 30.1 Å². The molecule has 3 rings (SSSR count). The number of rotatable bonds is 6. The third-order valence-corrected chi connectivity index (χ3v) is 5.29. The quantitative estimate of drug-likeness (QED) is 0.794. The van der Waals surface area contributed by atoms with Crippen molar-refractivity contribution in [1.82, 2.24) is 20.2 Å². The van der Waals surface area contributed by atoms with Gasteiger partial charge in [0.2, 0.25) is 5.91 Å². The molecule has 2 heterocycles. The van der Waals surface area contributed by atoms with Crippen LogP contribution >= 0.6 is 11.8 Å². The van der Waals surface area contributed by atoms with Gasteiger partial charge in [-0.05, 0) is 25.5 Å². The third kappa shape index (κ3) is 4.26. The van der Waals surface area contributed by atoms with Gasteiger partial charge < -0.3 is 15.2 Å². The van der Waals surface area contributed by atoms with Gasteiger partial charge in [0.1, 0.15) is 5.82 Å². The molecule has 124 valence electrons. The van der Waals surface area contributed by atoms with E-state index in [1.54, 1.807) is 0 Å². The lowest BCUT2D eigenvalue weighted by molar-refractivity contribution is -0.121. The Kier molecular flexibility index (Phi) is 5.56. The minimum Gasteiger partial charge on any atom is -0.356 e. The molecule has 0 aliphatic carbocycles. The van der Waals surface area contributed by atoms with Crippen molar-refractivity contribution in [1.29, 1.82) is 0 Å². The lowest BCUT2D eigenvalue weighted by atomic mass is 10.2. The molecule has 1 unspecified atom stereocenters. The Labute approximate surface area is 141 Å². The van der Waals surface area contributed by atoms with Crippen molar-refractivity contribution < 1.29 is 4.79 Å². The Morgan fingerprint density at radius 2 is 2.35 bits per heavy atom. The molecule has 2 N–H and O–H groups in total. The summed E-state index contributed by atoms with van der Waals surface area (Å²) in [5.41, 5.74) is 2.20. The van der Waals surface area contributed by atoms with Crippen molar-refractivity contribution in [3.8, 4) is 0 Å². The van der Waals surface area contributed by atoms with Gasteiger partial charge in [0.25, 0.3) is 0 Å². The number of imidazole rings is 1. The molecule has 23 heavy (non-hydrogen) atoms. The van der Waals surface area contributed by atoms with E-state index in [0.29, 0.717) is 19.0 Å². The van der Waals surface area contributed by atoms with Crippen LogP contribution in [-0.4, -0.2) is 46.1 Å². The molecular weight excluding hydrogens is 308 g/mol. The lowest BCUT2D eigenvalue weighted by Crippen LogP contribution is -2.41. The molecule has 1 amide bonds. The van der Waals surface area contributed by atoms with Crippen molar-refractivity contribution in [2.45, 2.75) is 32.4 Å². The number of aryl methyl sites for hydroxylation is 2. The maximum Gasteiger partial charge on any atom is 0.221 e. The maximum atomic E-state index is 12.0. The summed E-state index contributed by atoms with van der Waals surface area (Å²) in [4.78, 5) is 16.5. The fraction of sp³-hybridized carbons (Fsp3) is 0.529. The molecule has 0 radical (unpaired) electrons. The number of nitrogens with zero attached hydrogens (tertiary/aromatic N) is 2. The normalized spacial score (nSPS) is 18.2. The highest BCUT2D eigenvalue weighted by Gasteiger charge is 2.16. The van der Waals surface area contributed by atoms with E-state index >= 15 is 0 Å². The molecule has 1 saturated heterocycles. The van der Waals surface area contributed by atoms with Gasteiger partial charge in [0, 0.05) is 43.6 Å². The largest absolute Gasteiger partial charge is 0.356 e. The first kappa shape index (κ1) is 16.3. The van der Waals surface area contributed by atoms with Gasteiger partial charge >= 0.3 is 0 Å². The number of carbonyl (C=O) groups excluding carboxylic acids is 1. The summed E-state index contributed by atoms with van der Waals surface area (Å²) in [5, 5.41) is 6.43. The summed E-state index contributed by atoms with van der Waals surface area (Å²) in [6, 6.07) is 8.51. The number of hydrogen-bond donors (Lipinski definition) is 2. The summed E-state index contributed by atoms with van der Waals surface area (Å²) >= 11 is 1.92. The summed E-state index contributed by atoms with van der Waals surface area (Å²) in [6.07, 6.45) is 1.50. The van der Waals surface area contributed by atoms with Crippen LogP contribution in [0.25, 0.3) is 11.0 Å². The molecule has 1 atom stereocenters. The molecule has 0 saturated carbocycles. The number of aromatic nitrogens is 2. The Morgan fingerprint density at radius 1 is 1.48 bits per heavy atom. The summed E-state index contributed by atoms with van der Waals surface area (Å²) in [5.74, 6) is 3.36. The number of amides is 1. The van der Waals surface area contributed by atoms with Gasteiger partial charge in [-0.3, -0.25) is 4.79 Å². The van der Waals surface area contributed by atoms with Crippen LogP contribution in [0.15, 0.2) is 24.3 Å². The van der Waals surface area contributed by atoms with Crippen LogP contribution < -0.4 is 10.6 Å². The van der Waals surface area contributed by atoms with E-state index in [1.165, 1.54) is 5.52 Å². The number of para-hydroxylation sites is 2. The van der Waals surface area contributed by atoms with Crippen molar-refractivity contribution >= 4 is 28.7 Å². The molecule has 1 aromatic heterocycles. The number of carbonyl (C=O) groups is 1. The van der Waals surface area contributed by atoms with Crippen molar-refractivity contribution in [3.63, 3.8) is 0 Å². The van der Waals surface area contributed by atoms with Gasteiger partial charge in [-0.25, -0.2) is 4.98 Å². The summed E-state index contributed by atoms with van der Waals surface area (Å²) in [6.45, 7) is 4.63. The van der Waals surface area contributed by atoms with Crippen LogP contribution in [0.1, 0.15) is 18.7 Å². The second-order valence-corrected chi connectivity index (χ2v) is 7.08. The fourth-order valence-corrected chi connectivity index (χ4v) is 3.94. The van der Waals surface area contributed by atoms with E-state index < -0.39 is 0 Å². The van der Waals surface area contributed by atoms with Gasteiger partial charge in [0.15, 0.2) is 0 Å². The van der Waals surface area contributed by atoms with E-state index in [2.05, 4.69) is 26.3 Å². The number of hydrogen-bond acceptors (Lipinski definition) is 4. The topological polar surface area (TPSA) is 59.0 Å². The molecule has 1 aromatic carbocycles. The van der Waals surface area contributed by atoms with Crippen molar-refractivity contribution in [2.24, 2.45) is 0 Å². The number of fused-ring (bicyclic) bond motifs is 1. The third-order valence-electron chi connectivity index (χ3n) is 4.16. The number of nitrogens with one attached hydrogen (secondary N) is 2. The maximum absolute atomic E-state index is 12.0. The van der Waals surface area contributed by atoms with E-state index in [-0.39, 0.29) is 5.91 Å². The minimum absolute atomic E-state index is 0.150. The Morgan fingerprint density at radius 3 is 3.17 bits per heavy atom. The van der Waals surface area contributed by atoms with Crippen LogP contribution in [0.2, 0.25) is 0 Å². The predicted molar refractivity (Wildman–Crippen MR) is 95.8 cm³/mol. The van der Waals surface area contributed by atoms with E-state index in [0.717, 1.165) is 42.4 Å². The zero-order valence-electron chi connectivity index (χ0n) is 13.5. The standard InChI is InChI=1S/C17H24N4OS/c1-13-20-15-5-2-3-6-16(15)21(13)9-4-7-19-17(22)11-14-12-23-10-8-18-14/h2-3,5-6,14,18H,4,7-12H2,1H3,(H,19,22).